The van der Waals surface area contributed by atoms with E-state index in [1.165, 1.54) is 12.1 Å². The predicted octanol–water partition coefficient (Wildman–Crippen LogP) is 2.51. The number of hydrogen-bond donors (Lipinski definition) is 2. The number of hydrogen-bond acceptors (Lipinski definition) is 2. The maximum Gasteiger partial charge on any atom is 0.340 e. The van der Waals surface area contributed by atoms with Gasteiger partial charge in [-0.2, -0.15) is 0 Å². The first kappa shape index (κ1) is 9.35. The molecule has 0 spiro atoms. The second kappa shape index (κ2) is 3.33. The van der Waals surface area contributed by atoms with Gasteiger partial charge in [-0.3, -0.25) is 0 Å². The summed E-state index contributed by atoms with van der Waals surface area (Å²) in [7, 11) is 0. The van der Waals surface area contributed by atoms with Crippen LogP contribution >= 0.6 is 27.5 Å². The summed E-state index contributed by atoms with van der Waals surface area (Å²) < 4.78 is 0.191. The topological polar surface area (TPSA) is 57.5 Å². The van der Waals surface area contributed by atoms with Gasteiger partial charge in [-0.15, -0.1) is 0 Å². The van der Waals surface area contributed by atoms with E-state index in [2.05, 4.69) is 15.9 Å². The zero-order valence-electron chi connectivity index (χ0n) is 5.71. The van der Waals surface area contributed by atoms with E-state index in [4.69, 9.17) is 21.8 Å². The van der Waals surface area contributed by atoms with Crippen LogP contribution in [0.1, 0.15) is 10.4 Å². The van der Waals surface area contributed by atoms with E-state index in [-0.39, 0.29) is 20.8 Å². The van der Waals surface area contributed by atoms with E-state index in [1.54, 1.807) is 0 Å². The Morgan fingerprint density at radius 3 is 2.50 bits per heavy atom. The van der Waals surface area contributed by atoms with Crippen LogP contribution in [0.15, 0.2) is 16.6 Å². The molecule has 3 nitrogen and oxygen atoms in total. The molecule has 0 aliphatic rings. The van der Waals surface area contributed by atoms with Gasteiger partial charge in [0, 0.05) is 0 Å². The van der Waals surface area contributed by atoms with Crippen molar-refractivity contribution in [3.05, 3.63) is 27.2 Å². The molecule has 1 aromatic rings. The normalized spacial score (nSPS) is 9.83. The van der Waals surface area contributed by atoms with Crippen LogP contribution in [0, 0.1) is 0 Å². The Morgan fingerprint density at radius 2 is 2.08 bits per heavy atom. The highest BCUT2D eigenvalue weighted by Crippen LogP contribution is 2.32. The fraction of sp³-hybridized carbons (Fsp3) is 0. The number of phenols is 1. The first-order valence-corrected chi connectivity index (χ1v) is 4.11. The van der Waals surface area contributed by atoms with Crippen molar-refractivity contribution in [1.29, 1.82) is 0 Å². The van der Waals surface area contributed by atoms with Crippen molar-refractivity contribution >= 4 is 33.5 Å². The summed E-state index contributed by atoms with van der Waals surface area (Å²) in [4.78, 5) is 10.5. The average Bonchev–Trinajstić information content (AvgIpc) is 1.97. The van der Waals surface area contributed by atoms with E-state index < -0.39 is 5.97 Å². The maximum atomic E-state index is 10.5. The highest BCUT2D eigenvalue weighted by Gasteiger charge is 2.15. The number of halogens is 2. The third-order valence-corrected chi connectivity index (χ3v) is 2.65. The van der Waals surface area contributed by atoms with Crippen molar-refractivity contribution in [2.45, 2.75) is 0 Å². The summed E-state index contributed by atoms with van der Waals surface area (Å²) in [6, 6.07) is 2.64. The minimum Gasteiger partial charge on any atom is -0.507 e. The molecule has 0 aliphatic carbocycles. The van der Waals surface area contributed by atoms with Crippen LogP contribution < -0.4 is 0 Å². The molecular weight excluding hydrogens is 247 g/mol. The van der Waals surface area contributed by atoms with Crippen LogP contribution in [0.2, 0.25) is 5.02 Å². The number of carboxylic acids is 1. The first-order valence-electron chi connectivity index (χ1n) is 2.94. The zero-order chi connectivity index (χ0) is 9.30. The Labute approximate surface area is 81.7 Å². The number of carboxylic acid groups (broad SMARTS) is 1. The van der Waals surface area contributed by atoms with E-state index in [9.17, 15) is 4.79 Å². The standard InChI is InChI=1S/C7H4BrClO3/c8-6-3(9)1-2-4(10)5(6)7(11)12/h1-2,10H,(H,11,12). The van der Waals surface area contributed by atoms with E-state index in [1.807, 2.05) is 0 Å². The monoisotopic (exact) mass is 250 g/mol. The summed E-state index contributed by atoms with van der Waals surface area (Å²) in [5, 5.41) is 18.0. The smallest absolute Gasteiger partial charge is 0.340 e. The molecule has 0 saturated carbocycles. The number of aromatic carboxylic acids is 1. The molecule has 0 radical (unpaired) electrons. The molecule has 0 amide bonds. The van der Waals surface area contributed by atoms with Crippen LogP contribution in [0.3, 0.4) is 0 Å². The molecular formula is C7H4BrClO3. The lowest BCUT2D eigenvalue weighted by Crippen LogP contribution is -1.98. The predicted molar refractivity (Wildman–Crippen MR) is 47.8 cm³/mol. The molecule has 1 aromatic carbocycles. The van der Waals surface area contributed by atoms with Gasteiger partial charge in [0.05, 0.1) is 9.50 Å². The van der Waals surface area contributed by atoms with Gasteiger partial charge >= 0.3 is 5.97 Å². The molecule has 0 saturated heterocycles. The number of carbonyl (C=O) groups is 1. The van der Waals surface area contributed by atoms with Gasteiger partial charge in [-0.25, -0.2) is 4.79 Å². The van der Waals surface area contributed by atoms with Crippen LogP contribution in [0.25, 0.3) is 0 Å². The van der Waals surface area contributed by atoms with Crippen LogP contribution in [-0.2, 0) is 0 Å². The SMILES string of the molecule is O=C(O)c1c(O)ccc(Cl)c1Br. The van der Waals surface area contributed by atoms with Crippen molar-refractivity contribution in [3.63, 3.8) is 0 Å². The summed E-state index contributed by atoms with van der Waals surface area (Å²) >= 11 is 8.57. The van der Waals surface area contributed by atoms with E-state index in [0.717, 1.165) is 0 Å². The fourth-order valence-electron chi connectivity index (χ4n) is 0.744. The summed E-state index contributed by atoms with van der Waals surface area (Å²) in [6.45, 7) is 0. The van der Waals surface area contributed by atoms with Crippen molar-refractivity contribution in [3.8, 4) is 5.75 Å². The lowest BCUT2D eigenvalue weighted by Gasteiger charge is -2.02. The molecule has 0 heterocycles. The molecule has 12 heavy (non-hydrogen) atoms. The summed E-state index contributed by atoms with van der Waals surface area (Å²) in [5.74, 6) is -1.53. The third-order valence-electron chi connectivity index (χ3n) is 1.29. The second-order valence-corrected chi connectivity index (χ2v) is 3.26. The number of aromatic hydroxyl groups is 1. The maximum absolute atomic E-state index is 10.5. The molecule has 0 bridgehead atoms. The van der Waals surface area contributed by atoms with Gasteiger partial charge in [0.2, 0.25) is 0 Å². The van der Waals surface area contributed by atoms with Crippen molar-refractivity contribution < 1.29 is 15.0 Å². The molecule has 5 heteroatoms. The lowest BCUT2D eigenvalue weighted by molar-refractivity contribution is 0.0692. The zero-order valence-corrected chi connectivity index (χ0v) is 8.06. The van der Waals surface area contributed by atoms with Crippen LogP contribution in [-0.4, -0.2) is 16.2 Å². The minimum absolute atomic E-state index is 0.191. The molecule has 0 aliphatic heterocycles. The first-order chi connectivity index (χ1) is 5.54. The van der Waals surface area contributed by atoms with Crippen LogP contribution in [0.5, 0.6) is 5.75 Å². The average molecular weight is 251 g/mol. The van der Waals surface area contributed by atoms with E-state index in [0.29, 0.717) is 0 Å². The second-order valence-electron chi connectivity index (χ2n) is 2.06. The summed E-state index contributed by atoms with van der Waals surface area (Å²) in [5.41, 5.74) is -0.220. The highest BCUT2D eigenvalue weighted by molar-refractivity contribution is 9.10. The Hall–Kier alpha value is -0.740. The van der Waals surface area contributed by atoms with Gasteiger partial charge in [0.1, 0.15) is 11.3 Å². The van der Waals surface area contributed by atoms with Gasteiger partial charge in [-0.05, 0) is 28.1 Å². The Kier molecular flexibility index (Phi) is 2.59. The molecule has 64 valence electrons. The molecule has 2 N–H and O–H groups in total. The Balaban J connectivity index is 3.43. The van der Waals surface area contributed by atoms with Crippen molar-refractivity contribution in [1.82, 2.24) is 0 Å². The van der Waals surface area contributed by atoms with Crippen molar-refractivity contribution in [2.24, 2.45) is 0 Å². The molecule has 1 rings (SSSR count). The van der Waals surface area contributed by atoms with E-state index >= 15 is 0 Å². The van der Waals surface area contributed by atoms with Gasteiger partial charge in [-0.1, -0.05) is 11.6 Å². The largest absolute Gasteiger partial charge is 0.507 e. The van der Waals surface area contributed by atoms with Gasteiger partial charge < -0.3 is 10.2 Å². The van der Waals surface area contributed by atoms with Crippen molar-refractivity contribution in [2.75, 3.05) is 0 Å². The number of benzene rings is 1. The fourth-order valence-corrected chi connectivity index (χ4v) is 1.41. The molecule has 0 fully saturated rings. The minimum atomic E-state index is -1.22. The Bertz CT molecular complexity index is 338. The molecule has 0 atom stereocenters. The number of rotatable bonds is 1. The van der Waals surface area contributed by atoms with Gasteiger partial charge in [0.15, 0.2) is 0 Å². The third kappa shape index (κ3) is 1.54. The molecule has 0 unspecified atom stereocenters. The Morgan fingerprint density at radius 1 is 1.50 bits per heavy atom. The van der Waals surface area contributed by atoms with Gasteiger partial charge in [0.25, 0.3) is 0 Å². The summed E-state index contributed by atoms with van der Waals surface area (Å²) in [6.07, 6.45) is 0. The molecule has 0 aromatic heterocycles. The highest BCUT2D eigenvalue weighted by atomic mass is 79.9. The quantitative estimate of drug-likeness (QED) is 0.806. The lowest BCUT2D eigenvalue weighted by atomic mass is 10.2. The van der Waals surface area contributed by atoms with Crippen LogP contribution in [0.4, 0.5) is 0 Å².